The summed E-state index contributed by atoms with van der Waals surface area (Å²) in [7, 11) is 0. The van der Waals surface area contributed by atoms with Crippen LogP contribution in [0.25, 0.3) is 0 Å². The summed E-state index contributed by atoms with van der Waals surface area (Å²) in [5.74, 6) is 0. The monoisotopic (exact) mass is 251 g/mol. The topological polar surface area (TPSA) is 50.9 Å². The molecule has 0 aliphatic carbocycles. The molecule has 0 bridgehead atoms. The number of alkyl halides is 3. The molecule has 88 valence electrons. The van der Waals surface area contributed by atoms with E-state index in [9.17, 15) is 13.2 Å². The van der Waals surface area contributed by atoms with E-state index in [-0.39, 0.29) is 23.0 Å². The third kappa shape index (κ3) is 3.30. The number of aromatic nitrogens is 1. The highest BCUT2D eigenvalue weighted by Gasteiger charge is 2.32. The van der Waals surface area contributed by atoms with E-state index in [0.717, 1.165) is 12.3 Å². The molecule has 7 heteroatoms. The van der Waals surface area contributed by atoms with Gasteiger partial charge in [-0.1, -0.05) is 18.2 Å². The Morgan fingerprint density at radius 3 is 2.69 bits per heavy atom. The maximum absolute atomic E-state index is 12.3. The number of nitrogens with zero attached hydrogens (tertiary/aromatic N) is 1. The number of nitrogens with one attached hydrogen (secondary N) is 1. The first-order valence-corrected chi connectivity index (χ1v) is 4.58. The Bertz CT molecular complexity index is 403. The van der Waals surface area contributed by atoms with E-state index < -0.39 is 11.9 Å². The fraction of sp³-hybridized carbons (Fsp3) is 0.222. The van der Waals surface area contributed by atoms with Crippen LogP contribution in [0.5, 0.6) is 0 Å². The molecule has 1 aromatic heterocycles. The van der Waals surface area contributed by atoms with Crippen LogP contribution < -0.4 is 11.1 Å². The van der Waals surface area contributed by atoms with E-state index in [1.165, 1.54) is 0 Å². The lowest BCUT2D eigenvalue weighted by atomic mass is 10.2. The summed E-state index contributed by atoms with van der Waals surface area (Å²) in [6.45, 7) is 3.53. The SMILES string of the molecule is C=C(Cl)CNc1cc(C(F)(F)F)ncc1N. The van der Waals surface area contributed by atoms with Crippen molar-refractivity contribution in [2.45, 2.75) is 6.18 Å². The minimum Gasteiger partial charge on any atom is -0.396 e. The molecule has 3 N–H and O–H groups in total. The Morgan fingerprint density at radius 1 is 1.56 bits per heavy atom. The summed E-state index contributed by atoms with van der Waals surface area (Å²) < 4.78 is 37.0. The summed E-state index contributed by atoms with van der Waals surface area (Å²) in [5.41, 5.74) is 4.69. The van der Waals surface area contributed by atoms with Gasteiger partial charge in [-0.15, -0.1) is 0 Å². The number of nitrogens with two attached hydrogens (primary N) is 1. The Balaban J connectivity index is 2.95. The minimum absolute atomic E-state index is 0.117. The van der Waals surface area contributed by atoms with Crippen LogP contribution in [0.2, 0.25) is 0 Å². The second kappa shape index (κ2) is 4.61. The summed E-state index contributed by atoms with van der Waals surface area (Å²) in [5, 5.41) is 2.90. The van der Waals surface area contributed by atoms with Crippen molar-refractivity contribution in [3.05, 3.63) is 29.6 Å². The standard InChI is InChI=1S/C9H9ClF3N3/c1-5(10)3-15-7-2-8(9(11,12)13)16-4-6(7)14/h2,4H,1,3,14H2,(H,15,16). The van der Waals surface area contributed by atoms with Crippen LogP contribution in [-0.2, 0) is 6.18 Å². The van der Waals surface area contributed by atoms with Crippen LogP contribution in [0.15, 0.2) is 23.9 Å². The van der Waals surface area contributed by atoms with Gasteiger partial charge in [0.15, 0.2) is 0 Å². The van der Waals surface area contributed by atoms with Crippen molar-refractivity contribution in [3.63, 3.8) is 0 Å². The molecule has 0 aliphatic rings. The molecule has 16 heavy (non-hydrogen) atoms. The van der Waals surface area contributed by atoms with Crippen LogP contribution in [0.4, 0.5) is 24.5 Å². The maximum Gasteiger partial charge on any atom is 0.433 e. The van der Waals surface area contributed by atoms with E-state index in [1.54, 1.807) is 0 Å². The van der Waals surface area contributed by atoms with Crippen molar-refractivity contribution in [2.24, 2.45) is 0 Å². The van der Waals surface area contributed by atoms with Crippen LogP contribution in [0, 0.1) is 0 Å². The summed E-state index contributed by atoms with van der Waals surface area (Å²) in [4.78, 5) is 3.19. The molecule has 1 heterocycles. The molecule has 0 radical (unpaired) electrons. The maximum atomic E-state index is 12.3. The highest BCUT2D eigenvalue weighted by molar-refractivity contribution is 6.29. The van der Waals surface area contributed by atoms with Crippen molar-refractivity contribution < 1.29 is 13.2 Å². The number of anilines is 2. The van der Waals surface area contributed by atoms with Gasteiger partial charge in [-0.2, -0.15) is 13.2 Å². The Hall–Kier alpha value is -1.43. The molecule has 1 aromatic rings. The van der Waals surface area contributed by atoms with Crippen molar-refractivity contribution >= 4 is 23.0 Å². The second-order valence-electron chi connectivity index (χ2n) is 3.03. The van der Waals surface area contributed by atoms with Crippen LogP contribution in [-0.4, -0.2) is 11.5 Å². The zero-order chi connectivity index (χ0) is 12.3. The third-order valence-corrected chi connectivity index (χ3v) is 1.83. The Morgan fingerprint density at radius 2 is 2.19 bits per heavy atom. The Kier molecular flexibility index (Phi) is 3.64. The van der Waals surface area contributed by atoms with Crippen LogP contribution >= 0.6 is 11.6 Å². The zero-order valence-corrected chi connectivity index (χ0v) is 8.86. The minimum atomic E-state index is -4.50. The van der Waals surface area contributed by atoms with Gasteiger partial charge in [0.2, 0.25) is 0 Å². The van der Waals surface area contributed by atoms with E-state index >= 15 is 0 Å². The fourth-order valence-electron chi connectivity index (χ4n) is 0.965. The highest BCUT2D eigenvalue weighted by Crippen LogP contribution is 2.31. The second-order valence-corrected chi connectivity index (χ2v) is 3.56. The lowest BCUT2D eigenvalue weighted by Gasteiger charge is -2.11. The van der Waals surface area contributed by atoms with Gasteiger partial charge in [0.05, 0.1) is 24.1 Å². The smallest absolute Gasteiger partial charge is 0.396 e. The first-order chi connectivity index (χ1) is 7.30. The first-order valence-electron chi connectivity index (χ1n) is 4.20. The molecule has 0 fully saturated rings. The molecule has 0 amide bonds. The lowest BCUT2D eigenvalue weighted by Crippen LogP contribution is -2.11. The predicted molar refractivity (Wildman–Crippen MR) is 57.1 cm³/mol. The van der Waals surface area contributed by atoms with Crippen molar-refractivity contribution in [1.82, 2.24) is 4.98 Å². The zero-order valence-electron chi connectivity index (χ0n) is 8.11. The van der Waals surface area contributed by atoms with Crippen LogP contribution in [0.1, 0.15) is 5.69 Å². The molecular formula is C9H9ClF3N3. The quantitative estimate of drug-likeness (QED) is 0.869. The fourth-order valence-corrected chi connectivity index (χ4v) is 1.03. The Labute approximate surface area is 95.1 Å². The molecule has 0 atom stereocenters. The van der Waals surface area contributed by atoms with Gasteiger partial charge in [-0.25, -0.2) is 4.98 Å². The van der Waals surface area contributed by atoms with E-state index in [0.29, 0.717) is 0 Å². The number of halogens is 4. The van der Waals surface area contributed by atoms with E-state index in [1.807, 2.05) is 0 Å². The van der Waals surface area contributed by atoms with Crippen molar-refractivity contribution in [3.8, 4) is 0 Å². The van der Waals surface area contributed by atoms with E-state index in [2.05, 4.69) is 16.9 Å². The molecular weight excluding hydrogens is 243 g/mol. The molecule has 0 saturated carbocycles. The predicted octanol–water partition coefficient (Wildman–Crippen LogP) is 2.85. The molecule has 0 aromatic carbocycles. The van der Waals surface area contributed by atoms with E-state index in [4.69, 9.17) is 17.3 Å². The number of nitrogen functional groups attached to an aromatic ring is 1. The normalized spacial score (nSPS) is 11.2. The van der Waals surface area contributed by atoms with Crippen LogP contribution in [0.3, 0.4) is 0 Å². The van der Waals surface area contributed by atoms with Crippen molar-refractivity contribution in [2.75, 3.05) is 17.6 Å². The van der Waals surface area contributed by atoms with Gasteiger partial charge in [-0.3, -0.25) is 0 Å². The molecule has 0 aliphatic heterocycles. The van der Waals surface area contributed by atoms with Gasteiger partial charge in [-0.05, 0) is 6.07 Å². The average Bonchev–Trinajstić information content (AvgIpc) is 2.14. The van der Waals surface area contributed by atoms with Crippen molar-refractivity contribution in [1.29, 1.82) is 0 Å². The average molecular weight is 252 g/mol. The van der Waals surface area contributed by atoms with Gasteiger partial charge < -0.3 is 11.1 Å². The van der Waals surface area contributed by atoms with Gasteiger partial charge in [0.25, 0.3) is 0 Å². The molecule has 0 saturated heterocycles. The largest absolute Gasteiger partial charge is 0.433 e. The number of pyridine rings is 1. The molecule has 0 unspecified atom stereocenters. The van der Waals surface area contributed by atoms with Gasteiger partial charge in [0.1, 0.15) is 5.69 Å². The molecule has 1 rings (SSSR count). The number of hydrogen-bond donors (Lipinski definition) is 2. The summed E-state index contributed by atoms with van der Waals surface area (Å²) in [6, 6.07) is 0.829. The third-order valence-electron chi connectivity index (χ3n) is 1.70. The number of rotatable bonds is 3. The summed E-state index contributed by atoms with van der Waals surface area (Å²) >= 11 is 5.47. The van der Waals surface area contributed by atoms with Gasteiger partial charge in [0, 0.05) is 5.03 Å². The summed E-state index contributed by atoms with van der Waals surface area (Å²) in [6.07, 6.45) is -3.55. The van der Waals surface area contributed by atoms with Gasteiger partial charge >= 0.3 is 6.18 Å². The number of hydrogen-bond acceptors (Lipinski definition) is 3. The lowest BCUT2D eigenvalue weighted by molar-refractivity contribution is -0.141. The highest BCUT2D eigenvalue weighted by atomic mass is 35.5. The first kappa shape index (κ1) is 12.6. The molecule has 0 spiro atoms. The molecule has 3 nitrogen and oxygen atoms in total.